The zero-order chi connectivity index (χ0) is 8.27. The Hall–Kier alpha value is -1.06. The van der Waals surface area contributed by atoms with Crippen LogP contribution in [0.4, 0.5) is 0 Å². The maximum atomic E-state index is 5.15. The van der Waals surface area contributed by atoms with Crippen LogP contribution >= 0.6 is 0 Å². The zero-order valence-electron chi connectivity index (χ0n) is 7.00. The molecule has 1 heterocycles. The molecule has 0 bridgehead atoms. The largest absolute Gasteiger partial charge is 0.449 e. The van der Waals surface area contributed by atoms with E-state index in [0.29, 0.717) is 18.3 Å². The number of hydrogen-bond donors (Lipinski definition) is 0. The van der Waals surface area contributed by atoms with Crippen molar-refractivity contribution in [2.75, 3.05) is 6.61 Å². The molecule has 0 saturated carbocycles. The normalized spacial score (nSPS) is 10.5. The van der Waals surface area contributed by atoms with Gasteiger partial charge in [-0.3, -0.25) is 4.52 Å². The van der Waals surface area contributed by atoms with Crippen molar-refractivity contribution in [2.45, 2.75) is 20.8 Å². The van der Waals surface area contributed by atoms with Gasteiger partial charge < -0.3 is 4.74 Å². The topological polar surface area (TPSA) is 48.2 Å². The molecule has 0 saturated heterocycles. The molecule has 0 aromatic carbocycles. The Morgan fingerprint density at radius 1 is 1.55 bits per heavy atom. The van der Waals surface area contributed by atoms with Gasteiger partial charge in [0, 0.05) is 0 Å². The molecule has 4 heteroatoms. The van der Waals surface area contributed by atoms with E-state index in [9.17, 15) is 0 Å². The molecule has 0 spiro atoms. The maximum Gasteiger partial charge on any atom is 0.417 e. The van der Waals surface area contributed by atoms with Gasteiger partial charge in [-0.1, -0.05) is 19.0 Å². The van der Waals surface area contributed by atoms with Gasteiger partial charge >= 0.3 is 6.08 Å². The third-order valence-electron chi connectivity index (χ3n) is 1.05. The second kappa shape index (κ2) is 3.37. The monoisotopic (exact) mass is 156 g/mol. The third-order valence-corrected chi connectivity index (χ3v) is 1.05. The summed E-state index contributed by atoms with van der Waals surface area (Å²) in [7, 11) is 0. The number of rotatable bonds is 3. The fourth-order valence-corrected chi connectivity index (χ4v) is 0.575. The van der Waals surface area contributed by atoms with Gasteiger partial charge in [-0.25, -0.2) is 0 Å². The average Bonchev–Trinajstić information content (AvgIpc) is 2.31. The lowest BCUT2D eigenvalue weighted by molar-refractivity contribution is 0.181. The Morgan fingerprint density at radius 2 is 2.27 bits per heavy atom. The first-order valence-corrected chi connectivity index (χ1v) is 3.61. The standard InChI is InChI=1S/C7H12N2O2/c1-5(2)4-10-7-8-6(3)9-11-7/h5H,4H2,1-3H3. The highest BCUT2D eigenvalue weighted by Crippen LogP contribution is 2.06. The fraction of sp³-hybridized carbons (Fsp3) is 0.714. The SMILES string of the molecule is Cc1noc(OCC(C)C)n1. The molecular formula is C7H12N2O2. The lowest BCUT2D eigenvalue weighted by Gasteiger charge is -2.01. The molecule has 4 nitrogen and oxygen atoms in total. The van der Waals surface area contributed by atoms with E-state index in [1.165, 1.54) is 0 Å². The van der Waals surface area contributed by atoms with Crippen LogP contribution in [0, 0.1) is 12.8 Å². The van der Waals surface area contributed by atoms with E-state index < -0.39 is 0 Å². The Labute approximate surface area is 65.6 Å². The van der Waals surface area contributed by atoms with Gasteiger partial charge in [0.2, 0.25) is 0 Å². The minimum atomic E-state index is 0.260. The van der Waals surface area contributed by atoms with Crippen LogP contribution < -0.4 is 4.74 Å². The van der Waals surface area contributed by atoms with Crippen molar-refractivity contribution in [3.05, 3.63) is 5.82 Å². The number of hydrogen-bond acceptors (Lipinski definition) is 4. The maximum absolute atomic E-state index is 5.15. The van der Waals surface area contributed by atoms with E-state index in [2.05, 4.69) is 24.0 Å². The van der Waals surface area contributed by atoms with E-state index in [0.717, 1.165) is 0 Å². The molecule has 0 aliphatic heterocycles. The summed E-state index contributed by atoms with van der Waals surface area (Å²) in [5, 5.41) is 3.58. The first kappa shape index (κ1) is 8.04. The summed E-state index contributed by atoms with van der Waals surface area (Å²) in [6, 6.07) is 0. The Kier molecular flexibility index (Phi) is 2.46. The van der Waals surface area contributed by atoms with E-state index in [1.807, 2.05) is 0 Å². The van der Waals surface area contributed by atoms with E-state index in [-0.39, 0.29) is 6.08 Å². The van der Waals surface area contributed by atoms with E-state index in [1.54, 1.807) is 6.92 Å². The molecule has 0 aliphatic carbocycles. The van der Waals surface area contributed by atoms with E-state index >= 15 is 0 Å². The lowest BCUT2D eigenvalue weighted by atomic mass is 10.2. The van der Waals surface area contributed by atoms with Gasteiger partial charge in [0.05, 0.1) is 6.61 Å². The summed E-state index contributed by atoms with van der Waals surface area (Å²) in [5.74, 6) is 1.07. The molecule has 0 aliphatic rings. The van der Waals surface area contributed by atoms with Gasteiger partial charge in [0.1, 0.15) is 0 Å². The van der Waals surface area contributed by atoms with Crippen molar-refractivity contribution >= 4 is 0 Å². The van der Waals surface area contributed by atoms with Gasteiger partial charge in [-0.15, -0.1) is 0 Å². The highest BCUT2D eigenvalue weighted by atomic mass is 16.6. The van der Waals surface area contributed by atoms with Crippen LogP contribution in [-0.2, 0) is 0 Å². The van der Waals surface area contributed by atoms with Crippen LogP contribution in [-0.4, -0.2) is 16.7 Å². The quantitative estimate of drug-likeness (QED) is 0.663. The molecule has 0 unspecified atom stereocenters. The molecule has 1 rings (SSSR count). The van der Waals surface area contributed by atoms with Crippen molar-refractivity contribution < 1.29 is 9.26 Å². The van der Waals surface area contributed by atoms with Crippen LogP contribution in [0.1, 0.15) is 19.7 Å². The predicted molar refractivity (Wildman–Crippen MR) is 39.4 cm³/mol. The molecule has 0 atom stereocenters. The number of ether oxygens (including phenoxy) is 1. The molecule has 0 N–H and O–H groups in total. The summed E-state index contributed by atoms with van der Waals surface area (Å²) >= 11 is 0. The lowest BCUT2D eigenvalue weighted by Crippen LogP contribution is -2.04. The van der Waals surface area contributed by atoms with Gasteiger partial charge in [-0.2, -0.15) is 4.98 Å². The number of aromatic nitrogens is 2. The molecule has 0 fully saturated rings. The van der Waals surface area contributed by atoms with Crippen molar-refractivity contribution in [3.63, 3.8) is 0 Å². The van der Waals surface area contributed by atoms with Gasteiger partial charge in [-0.05, 0) is 12.8 Å². The number of aryl methyl sites for hydroxylation is 1. The molecule has 1 aromatic rings. The van der Waals surface area contributed by atoms with Crippen LogP contribution in [0.15, 0.2) is 4.52 Å². The molecule has 62 valence electrons. The third kappa shape index (κ3) is 2.57. The van der Waals surface area contributed by atoms with Crippen molar-refractivity contribution in [1.29, 1.82) is 0 Å². The zero-order valence-corrected chi connectivity index (χ0v) is 7.00. The highest BCUT2D eigenvalue weighted by Gasteiger charge is 2.03. The first-order chi connectivity index (χ1) is 5.18. The summed E-state index contributed by atoms with van der Waals surface area (Å²) in [6.07, 6.45) is 0.260. The molecule has 11 heavy (non-hydrogen) atoms. The van der Waals surface area contributed by atoms with Crippen molar-refractivity contribution in [2.24, 2.45) is 5.92 Å². The average molecular weight is 156 g/mol. The first-order valence-electron chi connectivity index (χ1n) is 3.61. The van der Waals surface area contributed by atoms with Crippen molar-refractivity contribution in [3.8, 4) is 6.08 Å². The Bertz CT molecular complexity index is 220. The van der Waals surface area contributed by atoms with Crippen LogP contribution in [0.5, 0.6) is 6.08 Å². The smallest absolute Gasteiger partial charge is 0.417 e. The molecule has 0 amide bonds. The predicted octanol–water partition coefficient (Wildman–Crippen LogP) is 1.41. The second-order valence-electron chi connectivity index (χ2n) is 2.81. The highest BCUT2D eigenvalue weighted by molar-refractivity contribution is 4.86. The number of nitrogens with zero attached hydrogens (tertiary/aromatic N) is 2. The van der Waals surface area contributed by atoms with Crippen LogP contribution in [0.3, 0.4) is 0 Å². The van der Waals surface area contributed by atoms with Crippen molar-refractivity contribution in [1.82, 2.24) is 10.1 Å². The second-order valence-corrected chi connectivity index (χ2v) is 2.81. The fourth-order valence-electron chi connectivity index (χ4n) is 0.575. The summed E-state index contributed by atoms with van der Waals surface area (Å²) in [6.45, 7) is 6.49. The minimum Gasteiger partial charge on any atom is -0.449 e. The van der Waals surface area contributed by atoms with Gasteiger partial charge in [0.25, 0.3) is 0 Å². The van der Waals surface area contributed by atoms with Crippen LogP contribution in [0.25, 0.3) is 0 Å². The summed E-state index contributed by atoms with van der Waals surface area (Å²) < 4.78 is 9.88. The van der Waals surface area contributed by atoms with Crippen LogP contribution in [0.2, 0.25) is 0 Å². The molecule has 1 aromatic heterocycles. The van der Waals surface area contributed by atoms with E-state index in [4.69, 9.17) is 9.26 Å². The Balaban J connectivity index is 2.39. The molecule has 0 radical (unpaired) electrons. The molecular weight excluding hydrogens is 144 g/mol. The minimum absolute atomic E-state index is 0.260. The summed E-state index contributed by atoms with van der Waals surface area (Å²) in [4.78, 5) is 3.88. The summed E-state index contributed by atoms with van der Waals surface area (Å²) in [5.41, 5.74) is 0. The van der Waals surface area contributed by atoms with Gasteiger partial charge in [0.15, 0.2) is 5.82 Å². The Morgan fingerprint density at radius 3 is 2.73 bits per heavy atom.